The molecule has 1 atom stereocenters. The van der Waals surface area contributed by atoms with Crippen LogP contribution in [0.3, 0.4) is 0 Å². The summed E-state index contributed by atoms with van der Waals surface area (Å²) in [6.45, 7) is 12.9. The molecule has 1 aliphatic rings. The lowest BCUT2D eigenvalue weighted by Gasteiger charge is -2.32. The first-order valence-corrected chi connectivity index (χ1v) is 10.1. The van der Waals surface area contributed by atoms with Crippen LogP contribution in [-0.4, -0.2) is 24.6 Å². The van der Waals surface area contributed by atoms with Crippen molar-refractivity contribution >= 4 is 24.3 Å². The SMILES string of the molecule is CCC/C=C\C(C)c1cccc(B2OC(C)(C)C(C)(C)O2)c1SC. The third-order valence-electron chi connectivity index (χ3n) is 5.16. The van der Waals surface area contributed by atoms with Gasteiger partial charge in [0, 0.05) is 10.8 Å². The molecule has 1 fully saturated rings. The van der Waals surface area contributed by atoms with Gasteiger partial charge in [-0.05, 0) is 51.4 Å². The van der Waals surface area contributed by atoms with Crippen molar-refractivity contribution in [3.63, 3.8) is 0 Å². The summed E-state index contributed by atoms with van der Waals surface area (Å²) in [6.07, 6.45) is 9.06. The second kappa shape index (κ2) is 7.67. The van der Waals surface area contributed by atoms with Gasteiger partial charge in [0.2, 0.25) is 0 Å². The lowest BCUT2D eigenvalue weighted by atomic mass is 9.77. The normalized spacial score (nSPS) is 20.7. The Kier molecular flexibility index (Phi) is 6.27. The molecule has 1 unspecified atom stereocenters. The molecule has 2 rings (SSSR count). The third kappa shape index (κ3) is 3.92. The summed E-state index contributed by atoms with van der Waals surface area (Å²) in [5, 5.41) is 0. The molecule has 0 bridgehead atoms. The minimum Gasteiger partial charge on any atom is -0.399 e. The average Bonchev–Trinajstić information content (AvgIpc) is 2.74. The van der Waals surface area contributed by atoms with Gasteiger partial charge < -0.3 is 9.31 Å². The largest absolute Gasteiger partial charge is 0.495 e. The minimum atomic E-state index is -0.310. The molecule has 1 aromatic carbocycles. The van der Waals surface area contributed by atoms with Crippen molar-refractivity contribution in [2.24, 2.45) is 0 Å². The van der Waals surface area contributed by atoms with E-state index in [9.17, 15) is 0 Å². The maximum absolute atomic E-state index is 6.27. The van der Waals surface area contributed by atoms with Gasteiger partial charge in [-0.15, -0.1) is 11.8 Å². The third-order valence-corrected chi connectivity index (χ3v) is 6.04. The summed E-state index contributed by atoms with van der Waals surface area (Å²) in [7, 11) is -0.302. The number of hydrogen-bond donors (Lipinski definition) is 0. The van der Waals surface area contributed by atoms with Crippen molar-refractivity contribution in [3.05, 3.63) is 35.9 Å². The van der Waals surface area contributed by atoms with E-state index in [2.05, 4.69) is 78.1 Å². The van der Waals surface area contributed by atoms with Crippen LogP contribution in [0.1, 0.15) is 65.9 Å². The molecule has 0 saturated carbocycles. The van der Waals surface area contributed by atoms with Gasteiger partial charge in [-0.3, -0.25) is 0 Å². The summed E-state index contributed by atoms with van der Waals surface area (Å²) in [4.78, 5) is 1.28. The maximum atomic E-state index is 6.27. The molecule has 0 spiro atoms. The molecule has 0 amide bonds. The molecule has 0 radical (unpaired) electrons. The van der Waals surface area contributed by atoms with Gasteiger partial charge in [0.05, 0.1) is 11.2 Å². The van der Waals surface area contributed by atoms with Crippen molar-refractivity contribution < 1.29 is 9.31 Å². The molecule has 1 heterocycles. The van der Waals surface area contributed by atoms with Crippen molar-refractivity contribution in [2.45, 2.75) is 76.4 Å². The van der Waals surface area contributed by atoms with Gasteiger partial charge in [-0.2, -0.15) is 0 Å². The Balaban J connectivity index is 2.34. The van der Waals surface area contributed by atoms with Crippen LogP contribution in [0, 0.1) is 0 Å². The predicted octanol–water partition coefficient (Wildman–Crippen LogP) is 5.17. The first kappa shape index (κ1) is 19.6. The van der Waals surface area contributed by atoms with E-state index in [0.29, 0.717) is 5.92 Å². The van der Waals surface area contributed by atoms with Crippen LogP contribution in [-0.2, 0) is 9.31 Å². The van der Waals surface area contributed by atoms with E-state index >= 15 is 0 Å². The zero-order valence-corrected chi connectivity index (χ0v) is 17.0. The van der Waals surface area contributed by atoms with E-state index in [1.807, 2.05) is 0 Å². The van der Waals surface area contributed by atoms with Gasteiger partial charge in [0.25, 0.3) is 0 Å². The summed E-state index contributed by atoms with van der Waals surface area (Å²) in [5.74, 6) is 0.390. The Morgan fingerprint density at radius 3 is 2.33 bits per heavy atom. The first-order chi connectivity index (χ1) is 11.2. The summed E-state index contributed by atoms with van der Waals surface area (Å²) >= 11 is 1.78. The number of rotatable bonds is 6. The van der Waals surface area contributed by atoms with E-state index < -0.39 is 0 Å². The van der Waals surface area contributed by atoms with E-state index in [1.54, 1.807) is 11.8 Å². The zero-order chi connectivity index (χ0) is 18.0. The molecular weight excluding hydrogens is 315 g/mol. The van der Waals surface area contributed by atoms with Crippen molar-refractivity contribution in [3.8, 4) is 0 Å². The fourth-order valence-electron chi connectivity index (χ4n) is 2.89. The topological polar surface area (TPSA) is 18.5 Å². The number of benzene rings is 1. The van der Waals surface area contributed by atoms with Gasteiger partial charge in [-0.1, -0.05) is 50.6 Å². The standard InChI is InChI=1S/C20H31BO2S/c1-8-9-10-12-15(2)16-13-11-14-17(18(16)24-7)21-22-19(3,4)20(5,6)23-21/h10-15H,8-9H2,1-7H3/b12-10-. The van der Waals surface area contributed by atoms with Crippen LogP contribution >= 0.6 is 11.8 Å². The summed E-state index contributed by atoms with van der Waals surface area (Å²) < 4.78 is 12.5. The second-order valence-corrected chi connectivity index (χ2v) is 8.38. The monoisotopic (exact) mass is 346 g/mol. The number of hydrogen-bond acceptors (Lipinski definition) is 3. The molecule has 2 nitrogen and oxygen atoms in total. The molecule has 132 valence electrons. The molecule has 1 saturated heterocycles. The molecule has 1 aromatic rings. The van der Waals surface area contributed by atoms with Gasteiger partial charge >= 0.3 is 7.12 Å². The molecule has 1 aliphatic heterocycles. The lowest BCUT2D eigenvalue weighted by molar-refractivity contribution is 0.00578. The van der Waals surface area contributed by atoms with E-state index in [1.165, 1.54) is 16.9 Å². The van der Waals surface area contributed by atoms with Crippen LogP contribution in [0.25, 0.3) is 0 Å². The Labute approximate surface area is 152 Å². The van der Waals surface area contributed by atoms with E-state index in [4.69, 9.17) is 9.31 Å². The highest BCUT2D eigenvalue weighted by atomic mass is 32.2. The fourth-order valence-corrected chi connectivity index (χ4v) is 3.78. The quantitative estimate of drug-likeness (QED) is 0.402. The van der Waals surface area contributed by atoms with Crippen LogP contribution < -0.4 is 5.46 Å². The lowest BCUT2D eigenvalue weighted by Crippen LogP contribution is -2.41. The second-order valence-electron chi connectivity index (χ2n) is 7.56. The summed E-state index contributed by atoms with van der Waals surface area (Å²) in [6, 6.07) is 6.49. The van der Waals surface area contributed by atoms with Crippen LogP contribution in [0.15, 0.2) is 35.2 Å². The van der Waals surface area contributed by atoms with Gasteiger partial charge in [0.1, 0.15) is 0 Å². The smallest absolute Gasteiger partial charge is 0.399 e. The zero-order valence-electron chi connectivity index (χ0n) is 16.2. The van der Waals surface area contributed by atoms with Crippen LogP contribution in [0.2, 0.25) is 0 Å². The van der Waals surface area contributed by atoms with Crippen LogP contribution in [0.4, 0.5) is 0 Å². The summed E-state index contributed by atoms with van der Waals surface area (Å²) in [5.41, 5.74) is 1.88. The fraction of sp³-hybridized carbons (Fsp3) is 0.600. The van der Waals surface area contributed by atoms with Crippen molar-refractivity contribution in [1.29, 1.82) is 0 Å². The van der Waals surface area contributed by atoms with Crippen molar-refractivity contribution in [2.75, 3.05) is 6.26 Å². The highest BCUT2D eigenvalue weighted by Crippen LogP contribution is 2.38. The number of thioether (sulfide) groups is 1. The highest BCUT2D eigenvalue weighted by molar-refractivity contribution is 7.98. The van der Waals surface area contributed by atoms with Gasteiger partial charge in [-0.25, -0.2) is 0 Å². The van der Waals surface area contributed by atoms with E-state index in [0.717, 1.165) is 11.9 Å². The van der Waals surface area contributed by atoms with Crippen LogP contribution in [0.5, 0.6) is 0 Å². The maximum Gasteiger partial charge on any atom is 0.495 e. The Morgan fingerprint density at radius 2 is 1.79 bits per heavy atom. The van der Waals surface area contributed by atoms with Gasteiger partial charge in [0.15, 0.2) is 0 Å². The Hall–Kier alpha value is -0.705. The molecule has 24 heavy (non-hydrogen) atoms. The highest BCUT2D eigenvalue weighted by Gasteiger charge is 2.52. The first-order valence-electron chi connectivity index (χ1n) is 8.92. The predicted molar refractivity (Wildman–Crippen MR) is 106 cm³/mol. The molecule has 4 heteroatoms. The Bertz CT molecular complexity index is 579. The van der Waals surface area contributed by atoms with Crippen molar-refractivity contribution in [1.82, 2.24) is 0 Å². The average molecular weight is 346 g/mol. The van der Waals surface area contributed by atoms with E-state index in [-0.39, 0.29) is 18.3 Å². The number of allylic oxidation sites excluding steroid dienone is 2. The Morgan fingerprint density at radius 1 is 1.17 bits per heavy atom. The molecular formula is C20H31BO2S. The number of unbranched alkanes of at least 4 members (excludes halogenated alkanes) is 1. The molecule has 0 aromatic heterocycles. The minimum absolute atomic E-state index is 0.302. The molecule has 0 N–H and O–H groups in total. The molecule has 0 aliphatic carbocycles.